The van der Waals surface area contributed by atoms with Gasteiger partial charge in [-0.15, -0.1) is 6.42 Å². The molecule has 1 aromatic rings. The summed E-state index contributed by atoms with van der Waals surface area (Å²) in [6, 6.07) is 0. The molecule has 0 unspecified atom stereocenters. The van der Waals surface area contributed by atoms with Crippen LogP contribution in [-0.2, 0) is 6.54 Å². The molecule has 1 heterocycles. The van der Waals surface area contributed by atoms with Crippen molar-refractivity contribution in [2.45, 2.75) is 6.54 Å². The van der Waals surface area contributed by atoms with Crippen LogP contribution in [0, 0.1) is 22.5 Å². The highest BCUT2D eigenvalue weighted by Gasteiger charge is 2.06. The van der Waals surface area contributed by atoms with Gasteiger partial charge < -0.3 is 0 Å². The molecule has 5 heteroatoms. The summed E-state index contributed by atoms with van der Waals surface area (Å²) >= 11 is 0. The van der Waals surface area contributed by atoms with Crippen LogP contribution in [0.1, 0.15) is 0 Å². The number of nitrogens with zero attached hydrogens (tertiary/aromatic N) is 3. The van der Waals surface area contributed by atoms with Gasteiger partial charge in [0.2, 0.25) is 0 Å². The molecule has 11 heavy (non-hydrogen) atoms. The minimum Gasteiger partial charge on any atom is -0.258 e. The molecule has 0 bridgehead atoms. The molecule has 1 aromatic heterocycles. The minimum atomic E-state index is -0.514. The van der Waals surface area contributed by atoms with Gasteiger partial charge in [-0.3, -0.25) is 14.8 Å². The average Bonchev–Trinajstić information content (AvgIpc) is 2.37. The van der Waals surface area contributed by atoms with Crippen LogP contribution >= 0.6 is 0 Å². The Labute approximate surface area is 62.8 Å². The van der Waals surface area contributed by atoms with Gasteiger partial charge in [0.05, 0.1) is 4.92 Å². The molecule has 0 aliphatic rings. The van der Waals surface area contributed by atoms with Crippen LogP contribution in [-0.4, -0.2) is 14.7 Å². The maximum absolute atomic E-state index is 10.1. The fraction of sp³-hybridized carbons (Fsp3) is 0.167. The number of aromatic nitrogens is 2. The highest BCUT2D eigenvalue weighted by Crippen LogP contribution is 2.06. The van der Waals surface area contributed by atoms with Gasteiger partial charge in [0.1, 0.15) is 18.9 Å². The van der Waals surface area contributed by atoms with E-state index >= 15 is 0 Å². The SMILES string of the molecule is C#CCn1cc([N+](=O)[O-])cn1. The van der Waals surface area contributed by atoms with Crippen molar-refractivity contribution in [2.24, 2.45) is 0 Å². The smallest absolute Gasteiger partial charge is 0.258 e. The van der Waals surface area contributed by atoms with E-state index in [0.717, 1.165) is 6.20 Å². The summed E-state index contributed by atoms with van der Waals surface area (Å²) < 4.78 is 1.33. The highest BCUT2D eigenvalue weighted by atomic mass is 16.6. The lowest BCUT2D eigenvalue weighted by molar-refractivity contribution is -0.385. The predicted molar refractivity (Wildman–Crippen MR) is 37.7 cm³/mol. The Bertz CT molecular complexity index is 310. The molecule has 0 amide bonds. The molecule has 0 atom stereocenters. The maximum atomic E-state index is 10.1. The van der Waals surface area contributed by atoms with E-state index in [2.05, 4.69) is 11.0 Å². The van der Waals surface area contributed by atoms with E-state index < -0.39 is 4.92 Å². The van der Waals surface area contributed by atoms with Crippen molar-refractivity contribution >= 4 is 5.69 Å². The van der Waals surface area contributed by atoms with E-state index in [0.29, 0.717) is 0 Å². The lowest BCUT2D eigenvalue weighted by Gasteiger charge is -1.87. The van der Waals surface area contributed by atoms with Gasteiger partial charge in [0.15, 0.2) is 0 Å². The molecule has 0 fully saturated rings. The van der Waals surface area contributed by atoms with Crippen LogP contribution in [0.5, 0.6) is 0 Å². The largest absolute Gasteiger partial charge is 0.307 e. The van der Waals surface area contributed by atoms with Crippen molar-refractivity contribution in [1.29, 1.82) is 0 Å². The first-order chi connectivity index (χ1) is 5.24. The summed E-state index contributed by atoms with van der Waals surface area (Å²) in [4.78, 5) is 9.61. The Morgan fingerprint density at radius 1 is 1.91 bits per heavy atom. The number of nitro groups is 1. The molecule has 0 aliphatic heterocycles. The summed E-state index contributed by atoms with van der Waals surface area (Å²) in [5.41, 5.74) is -0.0414. The molecular formula is C6H5N3O2. The molecule has 0 N–H and O–H groups in total. The van der Waals surface area contributed by atoms with Gasteiger partial charge >= 0.3 is 5.69 Å². The molecule has 0 spiro atoms. The summed E-state index contributed by atoms with van der Waals surface area (Å²) in [6.07, 6.45) is 7.42. The van der Waals surface area contributed by atoms with E-state index in [1.165, 1.54) is 10.9 Å². The Hall–Kier alpha value is -1.83. The number of hydrogen-bond donors (Lipinski definition) is 0. The van der Waals surface area contributed by atoms with Crippen molar-refractivity contribution in [2.75, 3.05) is 0 Å². The maximum Gasteiger partial charge on any atom is 0.307 e. The summed E-state index contributed by atoms with van der Waals surface area (Å²) in [7, 11) is 0. The first-order valence-electron chi connectivity index (χ1n) is 2.84. The van der Waals surface area contributed by atoms with E-state index in [1.54, 1.807) is 0 Å². The van der Waals surface area contributed by atoms with Gasteiger partial charge in [-0.1, -0.05) is 5.92 Å². The van der Waals surface area contributed by atoms with Crippen LogP contribution in [0.25, 0.3) is 0 Å². The quantitative estimate of drug-likeness (QED) is 0.349. The van der Waals surface area contributed by atoms with Crippen LogP contribution in [0.3, 0.4) is 0 Å². The second-order valence-corrected chi connectivity index (χ2v) is 1.86. The molecular weight excluding hydrogens is 146 g/mol. The normalized spacial score (nSPS) is 9.00. The van der Waals surface area contributed by atoms with Crippen molar-refractivity contribution < 1.29 is 4.92 Å². The van der Waals surface area contributed by atoms with Gasteiger partial charge in [-0.2, -0.15) is 5.10 Å². The van der Waals surface area contributed by atoms with E-state index in [9.17, 15) is 10.1 Å². The molecule has 0 aromatic carbocycles. The first kappa shape index (κ1) is 7.28. The van der Waals surface area contributed by atoms with Crippen molar-refractivity contribution in [3.05, 3.63) is 22.5 Å². The van der Waals surface area contributed by atoms with E-state index in [-0.39, 0.29) is 12.2 Å². The fourth-order valence-corrected chi connectivity index (χ4v) is 0.627. The Morgan fingerprint density at radius 2 is 2.64 bits per heavy atom. The number of terminal acetylenes is 1. The third-order valence-corrected chi connectivity index (χ3v) is 1.08. The lowest BCUT2D eigenvalue weighted by atomic mass is 10.6. The second-order valence-electron chi connectivity index (χ2n) is 1.86. The lowest BCUT2D eigenvalue weighted by Crippen LogP contribution is -1.94. The minimum absolute atomic E-state index is 0.0414. The number of rotatable bonds is 2. The molecule has 56 valence electrons. The number of hydrogen-bond acceptors (Lipinski definition) is 3. The monoisotopic (exact) mass is 151 g/mol. The average molecular weight is 151 g/mol. The third-order valence-electron chi connectivity index (χ3n) is 1.08. The zero-order valence-corrected chi connectivity index (χ0v) is 5.60. The Kier molecular flexibility index (Phi) is 1.88. The van der Waals surface area contributed by atoms with Gasteiger partial charge in [-0.25, -0.2) is 0 Å². The molecule has 0 saturated carbocycles. The van der Waals surface area contributed by atoms with Gasteiger partial charge in [0, 0.05) is 0 Å². The Balaban J connectivity index is 2.83. The molecule has 0 radical (unpaired) electrons. The van der Waals surface area contributed by atoms with Gasteiger partial charge in [-0.05, 0) is 0 Å². The standard InChI is InChI=1S/C6H5N3O2/c1-2-3-8-5-6(4-7-8)9(10)11/h1,4-5H,3H2. The zero-order valence-electron chi connectivity index (χ0n) is 5.60. The molecule has 1 rings (SSSR count). The van der Waals surface area contributed by atoms with Crippen LogP contribution in [0.4, 0.5) is 5.69 Å². The van der Waals surface area contributed by atoms with E-state index in [4.69, 9.17) is 6.42 Å². The predicted octanol–water partition coefficient (Wildman–Crippen LogP) is 0.424. The summed E-state index contributed by atoms with van der Waals surface area (Å²) in [6.45, 7) is 0.258. The van der Waals surface area contributed by atoms with Crippen LogP contribution in [0.15, 0.2) is 12.4 Å². The highest BCUT2D eigenvalue weighted by molar-refractivity contribution is 5.20. The van der Waals surface area contributed by atoms with Crippen molar-refractivity contribution in [1.82, 2.24) is 9.78 Å². The fourth-order valence-electron chi connectivity index (χ4n) is 0.627. The molecule has 0 saturated heterocycles. The first-order valence-corrected chi connectivity index (χ1v) is 2.84. The van der Waals surface area contributed by atoms with Crippen molar-refractivity contribution in [3.8, 4) is 12.3 Å². The van der Waals surface area contributed by atoms with E-state index in [1.807, 2.05) is 0 Å². The molecule has 5 nitrogen and oxygen atoms in total. The Morgan fingerprint density at radius 3 is 3.09 bits per heavy atom. The van der Waals surface area contributed by atoms with Crippen molar-refractivity contribution in [3.63, 3.8) is 0 Å². The molecule has 0 aliphatic carbocycles. The zero-order chi connectivity index (χ0) is 8.27. The third kappa shape index (κ3) is 1.55. The van der Waals surface area contributed by atoms with Crippen LogP contribution < -0.4 is 0 Å². The topological polar surface area (TPSA) is 61.0 Å². The second kappa shape index (κ2) is 2.84. The van der Waals surface area contributed by atoms with Gasteiger partial charge in [0.25, 0.3) is 0 Å². The van der Waals surface area contributed by atoms with Crippen LogP contribution in [0.2, 0.25) is 0 Å². The summed E-state index contributed by atoms with van der Waals surface area (Å²) in [5, 5.41) is 13.8. The summed E-state index contributed by atoms with van der Waals surface area (Å²) in [5.74, 6) is 2.31.